The van der Waals surface area contributed by atoms with Gasteiger partial charge in [-0.05, 0) is 127 Å². The number of aliphatic hydroxyl groups excluding tert-OH is 3. The van der Waals surface area contributed by atoms with Gasteiger partial charge in [-0.25, -0.2) is 19.4 Å². The van der Waals surface area contributed by atoms with E-state index in [0.29, 0.717) is 49.3 Å². The Morgan fingerprint density at radius 1 is 0.917 bits per heavy atom. The van der Waals surface area contributed by atoms with Crippen molar-refractivity contribution in [2.24, 2.45) is 18.9 Å². The number of nitriles is 1. The van der Waals surface area contributed by atoms with Gasteiger partial charge in [-0.3, -0.25) is 19.4 Å². The number of alkyl carbamates (subject to hydrolysis) is 1. The molecule has 1 aliphatic carbocycles. The molecule has 6 N–H and O–H groups in total. The second-order valence-electron chi connectivity index (χ2n) is 24.7. The number of piperidine rings is 1. The Labute approximate surface area is 484 Å². The number of hydrogen-bond donors (Lipinski definition) is 6. The molecule has 0 spiro atoms. The zero-order chi connectivity index (χ0) is 61.4. The number of alkyl halides is 3. The lowest BCUT2D eigenvalue weighted by molar-refractivity contribution is -0.960. The number of carboxylic acids is 1. The van der Waals surface area contributed by atoms with Gasteiger partial charge in [0, 0.05) is 49.3 Å². The van der Waals surface area contributed by atoms with Gasteiger partial charge in [0.05, 0.1) is 48.7 Å². The third kappa shape index (κ3) is 13.9. The number of ether oxygens (including phenoxy) is 4. The Morgan fingerprint density at radius 2 is 1.61 bits per heavy atom. The zero-order valence-electron chi connectivity index (χ0n) is 48.5. The highest BCUT2D eigenvalue weighted by atomic mass is 19.4. The molecule has 84 heavy (non-hydrogen) atoms. The molecule has 8 rings (SSSR count). The number of aryl methyl sites for hydroxylation is 1. The van der Waals surface area contributed by atoms with Crippen molar-refractivity contribution >= 4 is 41.6 Å². The molecule has 2 saturated heterocycles. The fourth-order valence-electron chi connectivity index (χ4n) is 11.9. The van der Waals surface area contributed by atoms with Crippen LogP contribution in [0.25, 0.3) is 0 Å². The van der Waals surface area contributed by atoms with Crippen molar-refractivity contribution in [3.05, 3.63) is 93.6 Å². The Morgan fingerprint density at radius 3 is 2.23 bits per heavy atom. The zero-order valence-corrected chi connectivity index (χ0v) is 48.5. The summed E-state index contributed by atoms with van der Waals surface area (Å²) in [5, 5.41) is 65.0. The SMILES string of the molecule is C[C@H]1CCC[N+](Cc2ccc(O[C@@H]3O[C@H](C(=O)O)[C@@H](O)[C@H](O)[C@H]3O)c(C(=O)NCCNC(=O)OC(C)(C)C)c2)(Cc2cc3c(c(C(F)(F)F)c2)CN(c2cc([C@]4(c5nncn5C)C[C@@H](C)C4)cc(N(CCC#N)C(=O)OC(C)(C)C)n2)C3=O)C1. The number of fused-ring (bicyclic) bond motifs is 1. The number of nitrogens with one attached hydrogen (secondary N) is 2. The van der Waals surface area contributed by atoms with Crippen LogP contribution in [0.5, 0.6) is 5.75 Å². The number of pyridine rings is 1. The number of hydrogen-bond acceptors (Lipinski definition) is 16. The van der Waals surface area contributed by atoms with E-state index in [4.69, 9.17) is 23.9 Å². The van der Waals surface area contributed by atoms with Gasteiger partial charge in [0.2, 0.25) is 6.29 Å². The molecule has 454 valence electrons. The van der Waals surface area contributed by atoms with Gasteiger partial charge in [-0.2, -0.15) is 18.4 Å². The molecule has 3 fully saturated rings. The number of carboxylic acid groups (broad SMARTS) is 1. The third-order valence-electron chi connectivity index (χ3n) is 15.4. The molecule has 1 saturated carbocycles. The molecule has 1 unspecified atom stereocenters. The predicted octanol–water partition coefficient (Wildman–Crippen LogP) is 6.23. The van der Waals surface area contributed by atoms with Crippen molar-refractivity contribution in [1.82, 2.24) is 30.4 Å². The minimum Gasteiger partial charge on any atom is -0.479 e. The normalized spacial score (nSPS) is 25.2. The molecular weight excluding hydrogens is 1100 g/mol. The lowest BCUT2D eigenvalue weighted by Gasteiger charge is -2.46. The summed E-state index contributed by atoms with van der Waals surface area (Å²) in [5.74, 6) is -2.56. The number of aromatic nitrogens is 4. The van der Waals surface area contributed by atoms with Crippen LogP contribution in [0.2, 0.25) is 0 Å². The van der Waals surface area contributed by atoms with Crippen molar-refractivity contribution < 1.29 is 81.0 Å². The minimum atomic E-state index is -4.94. The Hall–Kier alpha value is -7.44. The molecule has 26 heteroatoms. The number of benzene rings is 2. The molecule has 0 bridgehead atoms. The van der Waals surface area contributed by atoms with Gasteiger partial charge >= 0.3 is 24.3 Å². The molecular formula is C58H74F3N10O13+. The highest BCUT2D eigenvalue weighted by Crippen LogP contribution is 2.53. The summed E-state index contributed by atoms with van der Waals surface area (Å²) in [6.45, 7) is 14.4. The summed E-state index contributed by atoms with van der Waals surface area (Å²) >= 11 is 0. The maximum atomic E-state index is 15.6. The molecule has 0 radical (unpaired) electrons. The number of quaternary nitrogens is 1. The average molecular weight is 1180 g/mol. The summed E-state index contributed by atoms with van der Waals surface area (Å²) in [6, 6.07) is 12.4. The first-order chi connectivity index (χ1) is 39.3. The number of carbonyl (C=O) groups excluding carboxylic acids is 4. The van der Waals surface area contributed by atoms with Crippen LogP contribution in [0.4, 0.5) is 34.4 Å². The van der Waals surface area contributed by atoms with E-state index in [9.17, 15) is 44.9 Å². The van der Waals surface area contributed by atoms with E-state index in [1.54, 1.807) is 77.7 Å². The summed E-state index contributed by atoms with van der Waals surface area (Å²) in [6.07, 6.45) is -12.4. The quantitative estimate of drug-likeness (QED) is 0.0504. The topological polar surface area (TPSA) is 301 Å². The van der Waals surface area contributed by atoms with Crippen molar-refractivity contribution in [3.8, 4) is 11.8 Å². The summed E-state index contributed by atoms with van der Waals surface area (Å²) in [7, 11) is 1.79. The number of aliphatic carboxylic acids is 1. The van der Waals surface area contributed by atoms with Crippen LogP contribution < -0.4 is 25.2 Å². The smallest absolute Gasteiger partial charge is 0.416 e. The van der Waals surface area contributed by atoms with Crippen LogP contribution in [0.15, 0.2) is 48.8 Å². The third-order valence-corrected chi connectivity index (χ3v) is 15.4. The van der Waals surface area contributed by atoms with Crippen molar-refractivity contribution in [1.29, 1.82) is 5.26 Å². The number of amides is 4. The summed E-state index contributed by atoms with van der Waals surface area (Å²) < 4.78 is 71.2. The second kappa shape index (κ2) is 24.3. The first-order valence-corrected chi connectivity index (χ1v) is 27.9. The predicted molar refractivity (Wildman–Crippen MR) is 294 cm³/mol. The van der Waals surface area contributed by atoms with Crippen LogP contribution in [-0.2, 0) is 57.3 Å². The number of likely N-dealkylation sites (tertiary alicyclic amines) is 1. The number of rotatable bonds is 17. The van der Waals surface area contributed by atoms with Crippen LogP contribution in [-0.4, -0.2) is 149 Å². The first-order valence-electron chi connectivity index (χ1n) is 27.9. The Kier molecular flexibility index (Phi) is 18.1. The van der Waals surface area contributed by atoms with Crippen molar-refractivity contribution in [2.45, 2.75) is 161 Å². The van der Waals surface area contributed by atoms with Crippen LogP contribution in [0, 0.1) is 23.2 Å². The van der Waals surface area contributed by atoms with Gasteiger partial charge in [0.1, 0.15) is 72.1 Å². The second-order valence-corrected chi connectivity index (χ2v) is 24.7. The molecule has 2 aromatic heterocycles. The molecule has 4 amide bonds. The first kappa shape index (κ1) is 62.6. The van der Waals surface area contributed by atoms with Gasteiger partial charge in [-0.15, -0.1) is 10.2 Å². The highest BCUT2D eigenvalue weighted by molar-refractivity contribution is 6.10. The van der Waals surface area contributed by atoms with E-state index in [2.05, 4.69) is 33.8 Å². The maximum Gasteiger partial charge on any atom is 0.416 e. The Bertz CT molecular complexity index is 3190. The minimum absolute atomic E-state index is 0.00300. The molecule has 23 nitrogen and oxygen atoms in total. The molecule has 4 aliphatic rings. The molecule has 7 atom stereocenters. The number of nitrogens with zero attached hydrogens (tertiary/aromatic N) is 8. The lowest BCUT2D eigenvalue weighted by atomic mass is 9.58. The summed E-state index contributed by atoms with van der Waals surface area (Å²) in [4.78, 5) is 74.6. The number of anilines is 2. The maximum absolute atomic E-state index is 15.6. The van der Waals surface area contributed by atoms with Gasteiger partial charge < -0.3 is 59.1 Å². The fourth-order valence-corrected chi connectivity index (χ4v) is 11.9. The lowest BCUT2D eigenvalue weighted by Crippen LogP contribution is -2.61. The van der Waals surface area contributed by atoms with Crippen LogP contribution in [0.3, 0.4) is 0 Å². The number of carbonyl (C=O) groups is 5. The van der Waals surface area contributed by atoms with Gasteiger partial charge in [-0.1, -0.05) is 13.8 Å². The average Bonchev–Trinajstić information content (AvgIpc) is 1.41. The van der Waals surface area contributed by atoms with Crippen molar-refractivity contribution in [2.75, 3.05) is 42.5 Å². The van der Waals surface area contributed by atoms with Crippen LogP contribution >= 0.6 is 0 Å². The largest absolute Gasteiger partial charge is 0.479 e. The van der Waals surface area contributed by atoms with Crippen LogP contribution in [0.1, 0.15) is 142 Å². The molecule has 2 aromatic carbocycles. The van der Waals surface area contributed by atoms with Crippen molar-refractivity contribution in [3.63, 3.8) is 0 Å². The highest BCUT2D eigenvalue weighted by Gasteiger charge is 2.51. The molecule has 5 heterocycles. The fraction of sp³-hybridized carbons (Fsp3) is 0.569. The van der Waals surface area contributed by atoms with E-state index in [1.165, 1.54) is 28.0 Å². The summed E-state index contributed by atoms with van der Waals surface area (Å²) in [5.41, 5.74) is -2.92. The Balaban J connectivity index is 1.16. The van der Waals surface area contributed by atoms with E-state index >= 15 is 18.0 Å². The monoisotopic (exact) mass is 1180 g/mol. The number of halogens is 3. The molecule has 3 aliphatic heterocycles. The van der Waals surface area contributed by atoms with E-state index in [1.807, 2.05) is 6.92 Å². The van der Waals surface area contributed by atoms with Gasteiger partial charge in [0.15, 0.2) is 6.10 Å². The van der Waals surface area contributed by atoms with Gasteiger partial charge in [0.25, 0.3) is 11.8 Å². The van der Waals surface area contributed by atoms with E-state index in [0.717, 1.165) is 12.5 Å². The van der Waals surface area contributed by atoms with E-state index in [-0.39, 0.29) is 95.1 Å². The van der Waals surface area contributed by atoms with E-state index < -0.39 is 95.6 Å². The number of aliphatic hydroxyl groups is 3. The molecule has 4 aromatic rings. The standard InChI is InChI=1S/C58H73F3N10O13/c1-32-12-10-19-71(28-32,29-34-13-14-41(81-51-46(74)44(72)45(73)47(82-51)50(77)78)38(20-34)48(75)63-16-17-64-53(79)83-55(3,4)5)30-35-21-37-39(40(22-35)58(59,60)61)27-70(49(37)76)43-24-36(57(25-33(2)26-57)52-67-65-31-68(52)9)23-42(66-43)69(18-11-15-62)54(80)84-56(6,7)8/h13-14,20-24,31-33,44-47,51,72-74H,10-12,16-19,25-30H2,1-9H3,(H2-,63,64,75,77,78,79)/p+1/t32-,33-,44-,45-,46+,47-,51+,57+,71?/m0/s1.